The van der Waals surface area contributed by atoms with E-state index in [0.29, 0.717) is 19.3 Å². The summed E-state index contributed by atoms with van der Waals surface area (Å²) in [5.41, 5.74) is 0. The van der Waals surface area contributed by atoms with Crippen molar-refractivity contribution < 1.29 is 28.6 Å². The molecule has 0 amide bonds. The van der Waals surface area contributed by atoms with Crippen LogP contribution in [0.5, 0.6) is 0 Å². The molecule has 6 nitrogen and oxygen atoms in total. The van der Waals surface area contributed by atoms with E-state index in [4.69, 9.17) is 14.2 Å². The van der Waals surface area contributed by atoms with E-state index in [2.05, 4.69) is 45.1 Å². The monoisotopic (exact) mass is 1140 g/mol. The first kappa shape index (κ1) is 78.9. The Morgan fingerprint density at radius 3 is 0.691 bits per heavy atom. The third kappa shape index (κ3) is 68.6. The molecule has 0 aliphatic heterocycles. The minimum absolute atomic E-state index is 0.0691. The molecule has 1 unspecified atom stereocenters. The van der Waals surface area contributed by atoms with Gasteiger partial charge in [-0.25, -0.2) is 0 Å². The molecule has 1 atom stereocenters. The van der Waals surface area contributed by atoms with Crippen molar-refractivity contribution in [1.82, 2.24) is 0 Å². The average molecular weight is 1140 g/mol. The number of ether oxygens (including phenoxy) is 3. The van der Waals surface area contributed by atoms with Crippen molar-refractivity contribution in [2.45, 2.75) is 425 Å². The van der Waals surface area contributed by atoms with Crippen LogP contribution in [0, 0.1) is 0 Å². The zero-order chi connectivity index (χ0) is 58.5. The molecule has 0 aromatic heterocycles. The van der Waals surface area contributed by atoms with Gasteiger partial charge < -0.3 is 14.2 Å². The van der Waals surface area contributed by atoms with Crippen molar-refractivity contribution >= 4 is 17.9 Å². The first-order valence-corrected chi connectivity index (χ1v) is 36.8. The van der Waals surface area contributed by atoms with Gasteiger partial charge in [-0.1, -0.05) is 373 Å². The molecule has 0 aliphatic rings. The van der Waals surface area contributed by atoms with E-state index >= 15 is 0 Å². The number of carbonyl (C=O) groups is 3. The largest absolute Gasteiger partial charge is 0.462 e. The van der Waals surface area contributed by atoms with Crippen LogP contribution in [0.15, 0.2) is 24.3 Å². The Morgan fingerprint density at radius 2 is 0.444 bits per heavy atom. The van der Waals surface area contributed by atoms with Gasteiger partial charge in [0.05, 0.1) is 0 Å². The summed E-state index contributed by atoms with van der Waals surface area (Å²) in [6.45, 7) is 6.70. The Morgan fingerprint density at radius 1 is 0.247 bits per heavy atom. The highest BCUT2D eigenvalue weighted by Crippen LogP contribution is 2.19. The van der Waals surface area contributed by atoms with E-state index in [-0.39, 0.29) is 31.1 Å². The molecule has 0 radical (unpaired) electrons. The second-order valence-electron chi connectivity index (χ2n) is 25.2. The summed E-state index contributed by atoms with van der Waals surface area (Å²) in [7, 11) is 0. The van der Waals surface area contributed by atoms with Gasteiger partial charge in [0, 0.05) is 19.3 Å². The third-order valence-electron chi connectivity index (χ3n) is 17.0. The van der Waals surface area contributed by atoms with E-state index in [0.717, 1.165) is 77.0 Å². The zero-order valence-electron chi connectivity index (χ0n) is 55.1. The van der Waals surface area contributed by atoms with E-state index in [1.165, 1.54) is 302 Å². The van der Waals surface area contributed by atoms with Gasteiger partial charge in [-0.2, -0.15) is 0 Å². The van der Waals surface area contributed by atoms with Crippen LogP contribution in [0.25, 0.3) is 0 Å². The molecule has 0 saturated heterocycles. The Labute approximate surface area is 506 Å². The first-order valence-electron chi connectivity index (χ1n) is 36.8. The predicted octanol–water partition coefficient (Wildman–Crippen LogP) is 25.3. The highest BCUT2D eigenvalue weighted by Gasteiger charge is 2.20. The smallest absolute Gasteiger partial charge is 0.306 e. The molecular weight excluding hydrogens is 997 g/mol. The van der Waals surface area contributed by atoms with E-state index in [9.17, 15) is 14.4 Å². The fourth-order valence-corrected chi connectivity index (χ4v) is 11.4. The Balaban J connectivity index is 4.20. The second-order valence-corrected chi connectivity index (χ2v) is 25.2. The summed E-state index contributed by atoms with van der Waals surface area (Å²) in [6, 6.07) is 0. The standard InChI is InChI=1S/C75H142O6/c1-4-7-10-13-16-19-22-25-28-31-33-34-35-36-37-38-39-40-41-42-43-45-47-50-53-56-59-62-65-68-74(77)80-71-72(70-79-73(76)67-64-61-58-55-52-49-46-30-27-24-21-18-15-12-9-6-3)81-75(78)69-66-63-60-57-54-51-48-44-32-29-26-23-20-17-14-11-8-5-2/h21,24,30,46,72H,4-20,22-23,25-29,31-45,47-71H2,1-3H3/b24-21-,46-30-. The van der Waals surface area contributed by atoms with Crippen molar-refractivity contribution in [3.05, 3.63) is 24.3 Å². The van der Waals surface area contributed by atoms with Crippen LogP contribution in [0.1, 0.15) is 419 Å². The van der Waals surface area contributed by atoms with Crippen molar-refractivity contribution in [3.63, 3.8) is 0 Å². The van der Waals surface area contributed by atoms with Gasteiger partial charge in [-0.05, 0) is 51.4 Å². The van der Waals surface area contributed by atoms with Gasteiger partial charge in [0.25, 0.3) is 0 Å². The van der Waals surface area contributed by atoms with E-state index in [1.807, 2.05) is 0 Å². The third-order valence-corrected chi connectivity index (χ3v) is 17.0. The molecule has 0 aromatic carbocycles. The minimum atomic E-state index is -0.774. The van der Waals surface area contributed by atoms with Crippen LogP contribution in [0.3, 0.4) is 0 Å². The summed E-state index contributed by atoms with van der Waals surface area (Å²) < 4.78 is 17.0. The molecular formula is C75H142O6. The number of allylic oxidation sites excluding steroid dienone is 4. The van der Waals surface area contributed by atoms with Crippen LogP contribution in [0.4, 0.5) is 0 Å². The molecule has 0 aliphatic carbocycles. The van der Waals surface area contributed by atoms with E-state index < -0.39 is 6.10 Å². The predicted molar refractivity (Wildman–Crippen MR) is 353 cm³/mol. The number of hydrogen-bond acceptors (Lipinski definition) is 6. The summed E-state index contributed by atoms with van der Waals surface area (Å²) in [4.78, 5) is 38.5. The molecule has 81 heavy (non-hydrogen) atoms. The van der Waals surface area contributed by atoms with Gasteiger partial charge in [-0.15, -0.1) is 0 Å². The lowest BCUT2D eigenvalue weighted by atomic mass is 10.0. The van der Waals surface area contributed by atoms with Crippen LogP contribution < -0.4 is 0 Å². The lowest BCUT2D eigenvalue weighted by molar-refractivity contribution is -0.167. The highest BCUT2D eigenvalue weighted by atomic mass is 16.6. The molecule has 0 N–H and O–H groups in total. The van der Waals surface area contributed by atoms with Crippen molar-refractivity contribution in [2.75, 3.05) is 13.2 Å². The topological polar surface area (TPSA) is 78.9 Å². The maximum absolute atomic E-state index is 13.0. The average Bonchev–Trinajstić information content (AvgIpc) is 3.47. The number of esters is 3. The van der Waals surface area contributed by atoms with Crippen LogP contribution in [-0.4, -0.2) is 37.2 Å². The molecule has 0 rings (SSSR count). The van der Waals surface area contributed by atoms with Crippen LogP contribution in [-0.2, 0) is 28.6 Å². The lowest BCUT2D eigenvalue weighted by Gasteiger charge is -2.18. The number of carbonyl (C=O) groups excluding carboxylic acids is 3. The maximum atomic E-state index is 13.0. The van der Waals surface area contributed by atoms with Crippen molar-refractivity contribution in [1.29, 1.82) is 0 Å². The Hall–Kier alpha value is -2.11. The van der Waals surface area contributed by atoms with Gasteiger partial charge in [0.15, 0.2) is 6.10 Å². The maximum Gasteiger partial charge on any atom is 0.306 e. The molecule has 0 spiro atoms. The molecule has 0 saturated carbocycles. The van der Waals surface area contributed by atoms with Crippen LogP contribution in [0.2, 0.25) is 0 Å². The molecule has 0 bridgehead atoms. The van der Waals surface area contributed by atoms with Crippen molar-refractivity contribution in [2.24, 2.45) is 0 Å². The molecule has 478 valence electrons. The van der Waals surface area contributed by atoms with Crippen molar-refractivity contribution in [3.8, 4) is 0 Å². The highest BCUT2D eigenvalue weighted by molar-refractivity contribution is 5.71. The molecule has 0 fully saturated rings. The summed E-state index contributed by atoms with van der Waals surface area (Å²) >= 11 is 0. The number of rotatable bonds is 69. The van der Waals surface area contributed by atoms with E-state index in [1.54, 1.807) is 0 Å². The molecule has 0 aromatic rings. The second kappa shape index (κ2) is 70.4. The normalized spacial score (nSPS) is 12.1. The fraction of sp³-hybridized carbons (Fsp3) is 0.907. The Bertz CT molecular complexity index is 1310. The molecule has 6 heteroatoms. The van der Waals surface area contributed by atoms with Gasteiger partial charge in [0.1, 0.15) is 13.2 Å². The quantitative estimate of drug-likeness (QED) is 0.0261. The Kier molecular flexibility index (Phi) is 68.5. The van der Waals surface area contributed by atoms with Gasteiger partial charge in [0.2, 0.25) is 0 Å². The first-order chi connectivity index (χ1) is 40.0. The zero-order valence-corrected chi connectivity index (χ0v) is 55.1. The lowest BCUT2D eigenvalue weighted by Crippen LogP contribution is -2.30. The summed E-state index contributed by atoms with van der Waals surface area (Å²) in [5, 5.41) is 0. The minimum Gasteiger partial charge on any atom is -0.462 e. The fourth-order valence-electron chi connectivity index (χ4n) is 11.4. The summed E-state index contributed by atoms with van der Waals surface area (Å²) in [6.07, 6.45) is 86.5. The van der Waals surface area contributed by atoms with Crippen LogP contribution >= 0.6 is 0 Å². The SMILES string of the molecule is CCCCCC/C=C\C/C=C\CCCCCCCC(=O)OCC(COC(=O)CCCCCCCCCCCCCCCCCCCCCCCCCCCCCCC)OC(=O)CCCCCCCCCCCCCCCCCCCC. The van der Waals surface area contributed by atoms with Gasteiger partial charge >= 0.3 is 17.9 Å². The number of unbranched alkanes of at least 4 members (excludes halogenated alkanes) is 54. The van der Waals surface area contributed by atoms with Gasteiger partial charge in [-0.3, -0.25) is 14.4 Å². The summed E-state index contributed by atoms with van der Waals surface area (Å²) in [5.74, 6) is -0.849. The number of hydrogen-bond donors (Lipinski definition) is 0. The molecule has 0 heterocycles.